The second kappa shape index (κ2) is 6.95. The first-order valence-corrected chi connectivity index (χ1v) is 8.12. The Hall–Kier alpha value is -2.83. The van der Waals surface area contributed by atoms with Crippen LogP contribution in [0.1, 0.15) is 26.4 Å². The van der Waals surface area contributed by atoms with Crippen molar-refractivity contribution in [2.24, 2.45) is 0 Å². The summed E-state index contributed by atoms with van der Waals surface area (Å²) < 4.78 is 0. The van der Waals surface area contributed by atoms with Crippen molar-refractivity contribution < 1.29 is 4.79 Å². The van der Waals surface area contributed by atoms with E-state index in [4.69, 9.17) is 0 Å². The van der Waals surface area contributed by atoms with E-state index in [1.54, 1.807) is 11.3 Å². The summed E-state index contributed by atoms with van der Waals surface area (Å²) in [5, 5.41) is 4.91. The molecule has 3 heteroatoms. The molecule has 0 saturated heterocycles. The molecule has 3 aromatic rings. The molecule has 0 saturated carbocycles. The summed E-state index contributed by atoms with van der Waals surface area (Å²) in [5.41, 5.74) is 3.40. The Bertz CT molecular complexity index is 868. The molecule has 1 amide bonds. The quantitative estimate of drug-likeness (QED) is 0.682. The lowest BCUT2D eigenvalue weighted by Crippen LogP contribution is -2.11. The van der Waals surface area contributed by atoms with Gasteiger partial charge in [-0.2, -0.15) is 0 Å². The molecule has 0 aliphatic carbocycles. The minimum Gasteiger partial charge on any atom is -0.322 e. The van der Waals surface area contributed by atoms with Crippen LogP contribution in [0.2, 0.25) is 0 Å². The Morgan fingerprint density at radius 1 is 1.00 bits per heavy atom. The summed E-state index contributed by atoms with van der Waals surface area (Å²) in [5.74, 6) is 6.11. The molecule has 0 aliphatic rings. The molecule has 3 rings (SSSR count). The first-order chi connectivity index (χ1) is 11.2. The first-order valence-electron chi connectivity index (χ1n) is 7.24. The van der Waals surface area contributed by atoms with Crippen LogP contribution in [0.5, 0.6) is 0 Å². The summed E-state index contributed by atoms with van der Waals surface area (Å²) in [6.45, 7) is 2.00. The van der Waals surface area contributed by atoms with E-state index in [0.717, 1.165) is 21.7 Å². The number of benzene rings is 2. The molecule has 0 fully saturated rings. The zero-order valence-electron chi connectivity index (χ0n) is 12.7. The third-order valence-electron chi connectivity index (χ3n) is 3.29. The van der Waals surface area contributed by atoms with E-state index in [-0.39, 0.29) is 5.91 Å². The molecule has 1 heterocycles. The minimum atomic E-state index is -0.117. The fraction of sp³-hybridized carbons (Fsp3) is 0.0500. The maximum Gasteiger partial charge on any atom is 0.255 e. The number of anilines is 1. The number of rotatable bonds is 2. The molecule has 1 N–H and O–H groups in total. The summed E-state index contributed by atoms with van der Waals surface area (Å²) >= 11 is 1.61. The van der Waals surface area contributed by atoms with Gasteiger partial charge in [0.05, 0.1) is 4.88 Å². The van der Waals surface area contributed by atoms with Gasteiger partial charge in [0.1, 0.15) is 0 Å². The Kier molecular flexibility index (Phi) is 4.56. The summed E-state index contributed by atoms with van der Waals surface area (Å²) in [4.78, 5) is 13.3. The van der Waals surface area contributed by atoms with E-state index >= 15 is 0 Å². The van der Waals surface area contributed by atoms with Crippen LogP contribution in [0.15, 0.2) is 66.0 Å². The number of hydrogen-bond donors (Lipinski definition) is 1. The molecule has 0 aliphatic heterocycles. The molecule has 0 unspecified atom stereocenters. The van der Waals surface area contributed by atoms with Crippen molar-refractivity contribution >= 4 is 22.9 Å². The van der Waals surface area contributed by atoms with E-state index in [2.05, 4.69) is 17.2 Å². The number of hydrogen-bond acceptors (Lipinski definition) is 2. The van der Waals surface area contributed by atoms with Crippen molar-refractivity contribution in [1.82, 2.24) is 0 Å². The molecule has 0 bridgehead atoms. The third kappa shape index (κ3) is 4.09. The van der Waals surface area contributed by atoms with Crippen LogP contribution >= 0.6 is 11.3 Å². The highest BCUT2D eigenvalue weighted by molar-refractivity contribution is 7.10. The van der Waals surface area contributed by atoms with Crippen LogP contribution in [-0.4, -0.2) is 5.91 Å². The monoisotopic (exact) mass is 317 g/mol. The fourth-order valence-electron chi connectivity index (χ4n) is 2.07. The molecular formula is C20H15NOS. The molecule has 112 valence electrons. The Balaban J connectivity index is 1.75. The molecule has 0 spiro atoms. The zero-order valence-corrected chi connectivity index (χ0v) is 13.5. The van der Waals surface area contributed by atoms with Crippen molar-refractivity contribution in [3.05, 3.63) is 87.6 Å². The van der Waals surface area contributed by atoms with Crippen LogP contribution in [0.4, 0.5) is 5.69 Å². The van der Waals surface area contributed by atoms with Gasteiger partial charge in [0, 0.05) is 16.8 Å². The normalized spacial score (nSPS) is 9.78. The number of thiophene rings is 1. The first kappa shape index (κ1) is 15.1. The topological polar surface area (TPSA) is 29.1 Å². The standard InChI is InChI=1S/C20H15NOS/c1-15-7-10-17(11-8-15)20(22)21-18-5-2-4-16(14-18)9-12-19-6-3-13-23-19/h2-8,10-11,13-14H,1H3,(H,21,22). The number of amides is 1. The predicted octanol–water partition coefficient (Wildman–Crippen LogP) is 4.71. The number of carbonyl (C=O) groups is 1. The van der Waals surface area contributed by atoms with Gasteiger partial charge in [0.15, 0.2) is 0 Å². The maximum atomic E-state index is 12.2. The van der Waals surface area contributed by atoms with Gasteiger partial charge in [-0.3, -0.25) is 4.79 Å². The smallest absolute Gasteiger partial charge is 0.255 e. The second-order valence-electron chi connectivity index (χ2n) is 5.13. The van der Waals surface area contributed by atoms with Crippen molar-refractivity contribution in [3.8, 4) is 11.8 Å². The van der Waals surface area contributed by atoms with Gasteiger partial charge in [0.2, 0.25) is 0 Å². The van der Waals surface area contributed by atoms with Gasteiger partial charge in [-0.15, -0.1) is 11.3 Å². The van der Waals surface area contributed by atoms with E-state index in [0.29, 0.717) is 5.56 Å². The van der Waals surface area contributed by atoms with Crippen molar-refractivity contribution in [2.45, 2.75) is 6.92 Å². The maximum absolute atomic E-state index is 12.2. The van der Waals surface area contributed by atoms with Crippen LogP contribution in [0, 0.1) is 18.8 Å². The molecule has 2 aromatic carbocycles. The van der Waals surface area contributed by atoms with Gasteiger partial charge in [-0.05, 0) is 48.7 Å². The summed E-state index contributed by atoms with van der Waals surface area (Å²) in [7, 11) is 0. The highest BCUT2D eigenvalue weighted by Crippen LogP contribution is 2.13. The number of nitrogens with one attached hydrogen (secondary N) is 1. The van der Waals surface area contributed by atoms with Crippen LogP contribution in [-0.2, 0) is 0 Å². The Labute approximate surface area is 139 Å². The van der Waals surface area contributed by atoms with Crippen LogP contribution < -0.4 is 5.32 Å². The highest BCUT2D eigenvalue weighted by Gasteiger charge is 2.05. The Morgan fingerprint density at radius 3 is 2.57 bits per heavy atom. The fourth-order valence-corrected chi connectivity index (χ4v) is 2.64. The van der Waals surface area contributed by atoms with E-state index in [1.165, 1.54) is 0 Å². The number of carbonyl (C=O) groups excluding carboxylic acids is 1. The number of aryl methyl sites for hydroxylation is 1. The molecule has 1 aromatic heterocycles. The average Bonchev–Trinajstić information content (AvgIpc) is 3.07. The van der Waals surface area contributed by atoms with Crippen molar-refractivity contribution in [2.75, 3.05) is 5.32 Å². The van der Waals surface area contributed by atoms with Gasteiger partial charge in [-0.25, -0.2) is 0 Å². The van der Waals surface area contributed by atoms with E-state index < -0.39 is 0 Å². The lowest BCUT2D eigenvalue weighted by molar-refractivity contribution is 0.102. The van der Waals surface area contributed by atoms with E-state index in [9.17, 15) is 4.79 Å². The molecular weight excluding hydrogens is 302 g/mol. The van der Waals surface area contributed by atoms with Crippen LogP contribution in [0.25, 0.3) is 0 Å². The molecule has 23 heavy (non-hydrogen) atoms. The van der Waals surface area contributed by atoms with E-state index in [1.807, 2.05) is 73.0 Å². The van der Waals surface area contributed by atoms with Gasteiger partial charge >= 0.3 is 0 Å². The average molecular weight is 317 g/mol. The lowest BCUT2D eigenvalue weighted by Gasteiger charge is -2.06. The van der Waals surface area contributed by atoms with Crippen molar-refractivity contribution in [3.63, 3.8) is 0 Å². The molecule has 0 atom stereocenters. The summed E-state index contributed by atoms with van der Waals surface area (Å²) in [6.07, 6.45) is 0. The van der Waals surface area contributed by atoms with Gasteiger partial charge in [-0.1, -0.05) is 41.7 Å². The van der Waals surface area contributed by atoms with Crippen molar-refractivity contribution in [1.29, 1.82) is 0 Å². The summed E-state index contributed by atoms with van der Waals surface area (Å²) in [6, 6.07) is 19.0. The zero-order chi connectivity index (χ0) is 16.1. The molecule has 0 radical (unpaired) electrons. The second-order valence-corrected chi connectivity index (χ2v) is 6.08. The Morgan fingerprint density at radius 2 is 1.83 bits per heavy atom. The largest absolute Gasteiger partial charge is 0.322 e. The predicted molar refractivity (Wildman–Crippen MR) is 95.9 cm³/mol. The highest BCUT2D eigenvalue weighted by atomic mass is 32.1. The molecule has 2 nitrogen and oxygen atoms in total. The van der Waals surface area contributed by atoms with Crippen LogP contribution in [0.3, 0.4) is 0 Å². The minimum absolute atomic E-state index is 0.117. The van der Waals surface area contributed by atoms with Gasteiger partial charge < -0.3 is 5.32 Å². The SMILES string of the molecule is Cc1ccc(C(=O)Nc2cccc(C#Cc3cccs3)c2)cc1. The van der Waals surface area contributed by atoms with Gasteiger partial charge in [0.25, 0.3) is 5.91 Å². The lowest BCUT2D eigenvalue weighted by atomic mass is 10.1. The third-order valence-corrected chi connectivity index (χ3v) is 4.07.